The third kappa shape index (κ3) is 5.95. The zero-order valence-corrected chi connectivity index (χ0v) is 19.6. The topological polar surface area (TPSA) is 49.8 Å². The van der Waals surface area contributed by atoms with Crippen molar-refractivity contribution in [1.82, 2.24) is 9.88 Å². The summed E-state index contributed by atoms with van der Waals surface area (Å²) in [4.78, 5) is 11.3. The highest BCUT2D eigenvalue weighted by Crippen LogP contribution is 2.29. The van der Waals surface area contributed by atoms with Crippen molar-refractivity contribution in [3.05, 3.63) is 72.5 Å². The van der Waals surface area contributed by atoms with E-state index in [2.05, 4.69) is 65.6 Å². The second-order valence-corrected chi connectivity index (χ2v) is 8.09. The molecule has 168 valence electrons. The zero-order valence-electron chi connectivity index (χ0n) is 19.6. The standard InChI is InChI=1S/C27H34N4O/c1-6-20(18-28-3)25-11-12-26(30-27(25)29-24-13-15-32-16-14-24)23-10-8-9-22(17-23)21(7-2)19-31(4)5/h6-12,17-19,24H,2,13-16H2,1,3-5H3,(H,29,30)/b20-6+,21-19+,28-18?. The number of ether oxygens (including phenoxy) is 1. The van der Waals surface area contributed by atoms with Gasteiger partial charge in [0.15, 0.2) is 0 Å². The normalized spacial score (nSPS) is 15.8. The Hall–Kier alpha value is -3.18. The van der Waals surface area contributed by atoms with Crippen LogP contribution < -0.4 is 5.32 Å². The van der Waals surface area contributed by atoms with Crippen LogP contribution in [-0.2, 0) is 4.74 Å². The molecule has 2 heterocycles. The molecular weight excluding hydrogens is 396 g/mol. The lowest BCUT2D eigenvalue weighted by Crippen LogP contribution is -2.28. The van der Waals surface area contributed by atoms with E-state index in [1.165, 1.54) is 0 Å². The molecule has 32 heavy (non-hydrogen) atoms. The van der Waals surface area contributed by atoms with Crippen LogP contribution in [-0.4, -0.2) is 56.5 Å². The molecule has 1 fully saturated rings. The van der Waals surface area contributed by atoms with Crippen molar-refractivity contribution in [2.45, 2.75) is 25.8 Å². The summed E-state index contributed by atoms with van der Waals surface area (Å²) in [6.45, 7) is 7.57. The predicted octanol–water partition coefficient (Wildman–Crippen LogP) is 5.53. The number of hydrogen-bond acceptors (Lipinski definition) is 5. The van der Waals surface area contributed by atoms with E-state index in [-0.39, 0.29) is 0 Å². The first kappa shape index (κ1) is 23.5. The Balaban J connectivity index is 2.03. The largest absolute Gasteiger partial charge is 0.383 e. The molecule has 0 unspecified atom stereocenters. The first-order valence-electron chi connectivity index (χ1n) is 11.1. The second-order valence-electron chi connectivity index (χ2n) is 8.09. The Bertz CT molecular complexity index is 1010. The van der Waals surface area contributed by atoms with Crippen molar-refractivity contribution in [2.75, 3.05) is 39.7 Å². The molecule has 5 nitrogen and oxygen atoms in total. The average Bonchev–Trinajstić information content (AvgIpc) is 2.82. The number of hydrogen-bond donors (Lipinski definition) is 1. The minimum atomic E-state index is 0.351. The van der Waals surface area contributed by atoms with Gasteiger partial charge in [0.1, 0.15) is 5.82 Å². The van der Waals surface area contributed by atoms with Gasteiger partial charge in [-0.25, -0.2) is 4.98 Å². The van der Waals surface area contributed by atoms with E-state index in [9.17, 15) is 0 Å². The van der Waals surface area contributed by atoms with Crippen molar-refractivity contribution in [1.29, 1.82) is 0 Å². The van der Waals surface area contributed by atoms with Crippen LogP contribution in [0.15, 0.2) is 66.3 Å². The van der Waals surface area contributed by atoms with E-state index < -0.39 is 0 Å². The van der Waals surface area contributed by atoms with E-state index in [1.807, 2.05) is 38.2 Å². The summed E-state index contributed by atoms with van der Waals surface area (Å²) in [5, 5.41) is 3.68. The van der Waals surface area contributed by atoms with Crippen LogP contribution in [0.2, 0.25) is 0 Å². The quantitative estimate of drug-likeness (QED) is 0.442. The van der Waals surface area contributed by atoms with Crippen molar-refractivity contribution in [3.63, 3.8) is 0 Å². The second kappa shape index (κ2) is 11.4. The highest BCUT2D eigenvalue weighted by atomic mass is 16.5. The maximum absolute atomic E-state index is 5.53. The van der Waals surface area contributed by atoms with Crippen LogP contribution in [0.3, 0.4) is 0 Å². The number of pyridine rings is 1. The Kier molecular flexibility index (Phi) is 8.40. The van der Waals surface area contributed by atoms with Crippen LogP contribution >= 0.6 is 0 Å². The highest BCUT2D eigenvalue weighted by Gasteiger charge is 2.18. The molecule has 1 N–H and O–H groups in total. The first-order chi connectivity index (χ1) is 15.5. The van der Waals surface area contributed by atoms with E-state index >= 15 is 0 Å². The van der Waals surface area contributed by atoms with Crippen LogP contribution in [0.4, 0.5) is 5.82 Å². The molecular formula is C27H34N4O. The van der Waals surface area contributed by atoms with E-state index in [0.717, 1.165) is 65.4 Å². The van der Waals surface area contributed by atoms with Gasteiger partial charge in [0.2, 0.25) is 0 Å². The van der Waals surface area contributed by atoms with Gasteiger partial charge in [0, 0.05) is 63.9 Å². The van der Waals surface area contributed by atoms with Gasteiger partial charge >= 0.3 is 0 Å². The van der Waals surface area contributed by atoms with Gasteiger partial charge in [0.25, 0.3) is 0 Å². The summed E-state index contributed by atoms with van der Waals surface area (Å²) in [6, 6.07) is 13.0. The monoisotopic (exact) mass is 430 g/mol. The molecule has 0 bridgehead atoms. The Labute approximate surface area is 192 Å². The van der Waals surface area contributed by atoms with E-state index in [4.69, 9.17) is 9.72 Å². The molecule has 0 spiro atoms. The summed E-state index contributed by atoms with van der Waals surface area (Å²) < 4.78 is 5.53. The fourth-order valence-electron chi connectivity index (χ4n) is 3.82. The molecule has 1 aliphatic heterocycles. The number of anilines is 1. The van der Waals surface area contributed by atoms with Crippen molar-refractivity contribution in [2.24, 2.45) is 4.99 Å². The lowest BCUT2D eigenvalue weighted by molar-refractivity contribution is 0.0904. The molecule has 1 aromatic heterocycles. The molecule has 3 rings (SSSR count). The minimum absolute atomic E-state index is 0.351. The number of rotatable bonds is 8. The SMILES string of the molecule is C=C/C(=C\N(C)C)c1cccc(-c2ccc(/C(C=NC)=C/C)c(NC3CCOCC3)n2)c1. The van der Waals surface area contributed by atoms with Gasteiger partial charge in [-0.3, -0.25) is 4.99 Å². The lowest BCUT2D eigenvalue weighted by atomic mass is 10.00. The summed E-state index contributed by atoms with van der Waals surface area (Å²) in [6.07, 6.45) is 9.87. The highest BCUT2D eigenvalue weighted by molar-refractivity contribution is 6.11. The average molecular weight is 431 g/mol. The molecule has 0 amide bonds. The Morgan fingerprint density at radius 2 is 1.97 bits per heavy atom. The third-order valence-corrected chi connectivity index (χ3v) is 5.46. The predicted molar refractivity (Wildman–Crippen MR) is 137 cm³/mol. The van der Waals surface area contributed by atoms with E-state index in [1.54, 1.807) is 7.05 Å². The fourth-order valence-corrected chi connectivity index (χ4v) is 3.82. The number of nitrogens with zero attached hydrogens (tertiary/aromatic N) is 3. The fraction of sp³-hybridized carbons (Fsp3) is 0.333. The number of nitrogens with one attached hydrogen (secondary N) is 1. The summed E-state index contributed by atoms with van der Waals surface area (Å²) in [7, 11) is 5.82. The van der Waals surface area contributed by atoms with Gasteiger partial charge in [-0.1, -0.05) is 36.9 Å². The maximum atomic E-state index is 5.53. The van der Waals surface area contributed by atoms with Gasteiger partial charge < -0.3 is 15.0 Å². The lowest BCUT2D eigenvalue weighted by Gasteiger charge is -2.25. The van der Waals surface area contributed by atoms with Gasteiger partial charge in [-0.2, -0.15) is 0 Å². The summed E-state index contributed by atoms with van der Waals surface area (Å²) >= 11 is 0. The van der Waals surface area contributed by atoms with Gasteiger partial charge in [0.05, 0.1) is 5.69 Å². The third-order valence-electron chi connectivity index (χ3n) is 5.46. The molecule has 1 aliphatic rings. The Morgan fingerprint density at radius 3 is 2.62 bits per heavy atom. The van der Waals surface area contributed by atoms with Crippen LogP contribution in [0, 0.1) is 0 Å². The van der Waals surface area contributed by atoms with Gasteiger partial charge in [-0.05, 0) is 54.7 Å². The van der Waals surface area contributed by atoms with Crippen LogP contribution in [0.1, 0.15) is 30.9 Å². The molecule has 1 saturated heterocycles. The maximum Gasteiger partial charge on any atom is 0.134 e. The molecule has 2 aromatic rings. The number of aromatic nitrogens is 1. The van der Waals surface area contributed by atoms with Crippen molar-refractivity contribution >= 4 is 23.2 Å². The van der Waals surface area contributed by atoms with Crippen LogP contribution in [0.25, 0.3) is 22.4 Å². The number of benzene rings is 1. The molecule has 0 atom stereocenters. The molecule has 0 aliphatic carbocycles. The molecule has 5 heteroatoms. The molecule has 0 saturated carbocycles. The number of allylic oxidation sites excluding steroid dienone is 4. The number of aliphatic imine (C=N–C) groups is 1. The van der Waals surface area contributed by atoms with E-state index in [0.29, 0.717) is 6.04 Å². The summed E-state index contributed by atoms with van der Waals surface area (Å²) in [5.41, 5.74) is 6.30. The Morgan fingerprint density at radius 1 is 1.19 bits per heavy atom. The minimum Gasteiger partial charge on any atom is -0.383 e. The van der Waals surface area contributed by atoms with Crippen molar-refractivity contribution < 1.29 is 4.74 Å². The van der Waals surface area contributed by atoms with Crippen LogP contribution in [0.5, 0.6) is 0 Å². The smallest absolute Gasteiger partial charge is 0.134 e. The molecule has 0 radical (unpaired) electrons. The zero-order chi connectivity index (χ0) is 22.9. The first-order valence-corrected chi connectivity index (χ1v) is 11.1. The van der Waals surface area contributed by atoms with Crippen molar-refractivity contribution in [3.8, 4) is 11.3 Å². The van der Waals surface area contributed by atoms with Gasteiger partial charge in [-0.15, -0.1) is 0 Å². The summed E-state index contributed by atoms with van der Waals surface area (Å²) in [5.74, 6) is 0.889. The molecule has 1 aromatic carbocycles.